The van der Waals surface area contributed by atoms with Crippen LogP contribution in [0.1, 0.15) is 36.6 Å². The zero-order chi connectivity index (χ0) is 19.2. The summed E-state index contributed by atoms with van der Waals surface area (Å²) in [5, 5.41) is 5.78. The molecule has 27 heavy (non-hydrogen) atoms. The van der Waals surface area contributed by atoms with Gasteiger partial charge in [-0.3, -0.25) is 14.4 Å². The molecule has 1 aliphatic rings. The number of benzene rings is 1. The number of esters is 1. The zero-order valence-corrected chi connectivity index (χ0v) is 16.0. The third-order valence-corrected chi connectivity index (χ3v) is 5.94. The second-order valence-electron chi connectivity index (χ2n) is 6.57. The Bertz CT molecular complexity index is 802. The molecule has 1 heterocycles. The summed E-state index contributed by atoms with van der Waals surface area (Å²) < 4.78 is 6.34. The molecule has 2 aromatic rings. The molecule has 2 N–H and O–H groups in total. The number of nitrogens with one attached hydrogen (secondary N) is 2. The minimum atomic E-state index is -0.487. The Morgan fingerprint density at radius 3 is 2.74 bits per heavy atom. The van der Waals surface area contributed by atoms with E-state index in [0.29, 0.717) is 0 Å². The molecule has 0 unspecified atom stereocenters. The van der Waals surface area contributed by atoms with Crippen LogP contribution in [0.15, 0.2) is 24.3 Å². The Morgan fingerprint density at radius 2 is 1.96 bits per heavy atom. The SMILES string of the molecule is CNC(=O)CNC(=O)COC(=O)[C@@H]1CCCC[C@@H]1c1nc2ccccc2s1. The van der Waals surface area contributed by atoms with Crippen molar-refractivity contribution < 1.29 is 19.1 Å². The molecule has 0 saturated heterocycles. The highest BCUT2D eigenvalue weighted by molar-refractivity contribution is 7.18. The Kier molecular flexibility index (Phi) is 6.39. The number of carbonyl (C=O) groups excluding carboxylic acids is 3. The van der Waals surface area contributed by atoms with Gasteiger partial charge < -0.3 is 15.4 Å². The number of fused-ring (bicyclic) bond motifs is 1. The van der Waals surface area contributed by atoms with E-state index in [1.807, 2.05) is 24.3 Å². The molecule has 1 aromatic carbocycles. The van der Waals surface area contributed by atoms with Crippen LogP contribution in [0.25, 0.3) is 10.2 Å². The van der Waals surface area contributed by atoms with Gasteiger partial charge in [0.15, 0.2) is 6.61 Å². The van der Waals surface area contributed by atoms with Crippen molar-refractivity contribution in [3.8, 4) is 0 Å². The highest BCUT2D eigenvalue weighted by atomic mass is 32.1. The van der Waals surface area contributed by atoms with Crippen molar-refractivity contribution in [3.63, 3.8) is 0 Å². The molecule has 144 valence electrons. The van der Waals surface area contributed by atoms with Crippen molar-refractivity contribution in [1.29, 1.82) is 0 Å². The fraction of sp³-hybridized carbons (Fsp3) is 0.474. The molecule has 2 amide bonds. The number of aromatic nitrogens is 1. The van der Waals surface area contributed by atoms with Crippen LogP contribution in [0.3, 0.4) is 0 Å². The van der Waals surface area contributed by atoms with Crippen LogP contribution >= 0.6 is 11.3 Å². The van der Waals surface area contributed by atoms with Gasteiger partial charge in [-0.1, -0.05) is 25.0 Å². The van der Waals surface area contributed by atoms with E-state index in [0.717, 1.165) is 40.9 Å². The van der Waals surface area contributed by atoms with Crippen LogP contribution in [0.5, 0.6) is 0 Å². The summed E-state index contributed by atoms with van der Waals surface area (Å²) in [5.74, 6) is -1.42. The third kappa shape index (κ3) is 4.82. The van der Waals surface area contributed by atoms with Gasteiger partial charge in [-0.05, 0) is 25.0 Å². The first-order chi connectivity index (χ1) is 13.1. The Morgan fingerprint density at radius 1 is 1.19 bits per heavy atom. The van der Waals surface area contributed by atoms with Crippen LogP contribution < -0.4 is 10.6 Å². The van der Waals surface area contributed by atoms with Crippen LogP contribution in [0.2, 0.25) is 0 Å². The molecule has 0 spiro atoms. The summed E-state index contributed by atoms with van der Waals surface area (Å²) in [7, 11) is 1.49. The normalized spacial score (nSPS) is 19.4. The Labute approximate surface area is 161 Å². The molecule has 1 saturated carbocycles. The lowest BCUT2D eigenvalue weighted by molar-refractivity contribution is -0.154. The summed E-state index contributed by atoms with van der Waals surface area (Å²) in [6, 6.07) is 7.94. The first-order valence-corrected chi connectivity index (χ1v) is 9.89. The fourth-order valence-corrected chi connectivity index (χ4v) is 4.49. The molecule has 0 aliphatic heterocycles. The average Bonchev–Trinajstić information content (AvgIpc) is 3.14. The number of likely N-dealkylation sites (N-methyl/N-ethyl adjacent to an activating group) is 1. The van der Waals surface area contributed by atoms with Crippen LogP contribution in [-0.2, 0) is 19.1 Å². The zero-order valence-electron chi connectivity index (χ0n) is 15.2. The van der Waals surface area contributed by atoms with Crippen LogP contribution in [0, 0.1) is 5.92 Å². The first-order valence-electron chi connectivity index (χ1n) is 9.08. The van der Waals surface area contributed by atoms with Gasteiger partial charge >= 0.3 is 5.97 Å². The van der Waals surface area contributed by atoms with E-state index in [1.54, 1.807) is 11.3 Å². The van der Waals surface area contributed by atoms with Crippen LogP contribution in [0.4, 0.5) is 0 Å². The Hall–Kier alpha value is -2.48. The number of rotatable bonds is 6. The predicted octanol–water partition coefficient (Wildman–Crippen LogP) is 1.98. The molecule has 8 heteroatoms. The molecule has 7 nitrogen and oxygen atoms in total. The third-order valence-electron chi connectivity index (χ3n) is 4.77. The monoisotopic (exact) mass is 389 g/mol. The molecule has 0 radical (unpaired) electrons. The standard InChI is InChI=1S/C19H23N3O4S/c1-20-16(23)10-21-17(24)11-26-19(25)13-7-3-2-6-12(13)18-22-14-8-4-5-9-15(14)27-18/h4-5,8-9,12-13H,2-3,6-7,10-11H2,1H3,(H,20,23)(H,21,24)/t12-,13+/m0/s1. The summed E-state index contributed by atoms with van der Waals surface area (Å²) in [5.41, 5.74) is 0.948. The van der Waals surface area contributed by atoms with E-state index in [2.05, 4.69) is 10.6 Å². The largest absolute Gasteiger partial charge is 0.455 e. The van der Waals surface area contributed by atoms with E-state index in [-0.39, 0.29) is 36.9 Å². The fourth-order valence-electron chi connectivity index (χ4n) is 3.32. The van der Waals surface area contributed by atoms with Crippen molar-refractivity contribution in [2.75, 3.05) is 20.2 Å². The minimum absolute atomic E-state index is 0.0255. The van der Waals surface area contributed by atoms with Crippen molar-refractivity contribution in [2.45, 2.75) is 31.6 Å². The molecule has 1 aromatic heterocycles. The molecule has 1 aliphatic carbocycles. The summed E-state index contributed by atoms with van der Waals surface area (Å²) >= 11 is 1.62. The number of amides is 2. The van der Waals surface area contributed by atoms with Gasteiger partial charge in [-0.25, -0.2) is 4.98 Å². The Balaban J connectivity index is 1.61. The highest BCUT2D eigenvalue weighted by Crippen LogP contribution is 2.41. The first kappa shape index (κ1) is 19.3. The van der Waals surface area contributed by atoms with Gasteiger partial charge in [-0.15, -0.1) is 11.3 Å². The quantitative estimate of drug-likeness (QED) is 0.736. The topological polar surface area (TPSA) is 97.4 Å². The molecular formula is C19H23N3O4S. The van der Waals surface area contributed by atoms with E-state index in [1.165, 1.54) is 7.05 Å². The second-order valence-corrected chi connectivity index (χ2v) is 7.64. The molecule has 1 fully saturated rings. The lowest BCUT2D eigenvalue weighted by Gasteiger charge is -2.28. The maximum Gasteiger partial charge on any atom is 0.310 e. The predicted molar refractivity (Wildman–Crippen MR) is 102 cm³/mol. The number of carbonyl (C=O) groups is 3. The van der Waals surface area contributed by atoms with Crippen molar-refractivity contribution in [1.82, 2.24) is 15.6 Å². The molecule has 2 atom stereocenters. The maximum atomic E-state index is 12.6. The second kappa shape index (κ2) is 8.94. The van der Waals surface area contributed by atoms with Crippen molar-refractivity contribution >= 4 is 39.3 Å². The van der Waals surface area contributed by atoms with E-state index in [9.17, 15) is 14.4 Å². The number of para-hydroxylation sites is 1. The number of hydrogen-bond acceptors (Lipinski definition) is 6. The van der Waals surface area contributed by atoms with E-state index in [4.69, 9.17) is 9.72 Å². The van der Waals surface area contributed by atoms with Gasteiger partial charge in [0.05, 0.1) is 27.7 Å². The van der Waals surface area contributed by atoms with Crippen molar-refractivity contribution in [3.05, 3.63) is 29.3 Å². The van der Waals surface area contributed by atoms with E-state index < -0.39 is 5.91 Å². The highest BCUT2D eigenvalue weighted by Gasteiger charge is 2.35. The van der Waals surface area contributed by atoms with Gasteiger partial charge in [0.25, 0.3) is 5.91 Å². The number of hydrogen-bond donors (Lipinski definition) is 2. The lowest BCUT2D eigenvalue weighted by atomic mass is 9.79. The number of thiazole rings is 1. The number of ether oxygens (including phenoxy) is 1. The van der Waals surface area contributed by atoms with Gasteiger partial charge in [-0.2, -0.15) is 0 Å². The van der Waals surface area contributed by atoms with Gasteiger partial charge in [0, 0.05) is 13.0 Å². The lowest BCUT2D eigenvalue weighted by Crippen LogP contribution is -2.38. The van der Waals surface area contributed by atoms with Gasteiger partial charge in [0.1, 0.15) is 0 Å². The van der Waals surface area contributed by atoms with Gasteiger partial charge in [0.2, 0.25) is 5.91 Å². The van der Waals surface area contributed by atoms with Crippen molar-refractivity contribution in [2.24, 2.45) is 5.92 Å². The summed E-state index contributed by atoms with van der Waals surface area (Å²) in [4.78, 5) is 40.2. The summed E-state index contributed by atoms with van der Waals surface area (Å²) in [6.45, 7) is -0.510. The molecule has 0 bridgehead atoms. The molecular weight excluding hydrogens is 366 g/mol. The molecule has 3 rings (SSSR count). The minimum Gasteiger partial charge on any atom is -0.455 e. The van der Waals surface area contributed by atoms with E-state index >= 15 is 0 Å². The number of nitrogens with zero attached hydrogens (tertiary/aromatic N) is 1. The maximum absolute atomic E-state index is 12.6. The summed E-state index contributed by atoms with van der Waals surface area (Å²) in [6.07, 6.45) is 3.64. The smallest absolute Gasteiger partial charge is 0.310 e. The average molecular weight is 389 g/mol. The van der Waals surface area contributed by atoms with Crippen LogP contribution in [-0.4, -0.2) is 43.0 Å².